The van der Waals surface area contributed by atoms with Crippen molar-refractivity contribution in [2.45, 2.75) is 62.7 Å². The van der Waals surface area contributed by atoms with E-state index >= 15 is 0 Å². The van der Waals surface area contributed by atoms with Crippen LogP contribution in [0.25, 0.3) is 22.7 Å². The first-order chi connectivity index (χ1) is 16.5. The first kappa shape index (κ1) is 22.7. The number of hydrogen-bond donors (Lipinski definition) is 5. The molecule has 0 spiro atoms. The Bertz CT molecular complexity index is 1160. The van der Waals surface area contributed by atoms with E-state index in [1.165, 1.54) is 22.2 Å². The molecule has 1 amide bonds. The van der Waals surface area contributed by atoms with Gasteiger partial charge in [0.15, 0.2) is 34.7 Å². The molecular formula is C21H28N8O5. The maximum absolute atomic E-state index is 11.4. The maximum atomic E-state index is 11.4. The highest BCUT2D eigenvalue weighted by Gasteiger charge is 2.44. The molecule has 0 radical (unpaired) electrons. The number of aromatic amines is 1. The van der Waals surface area contributed by atoms with Crippen LogP contribution in [-0.4, -0.2) is 89.5 Å². The van der Waals surface area contributed by atoms with E-state index in [0.717, 1.165) is 25.7 Å². The average molecular weight is 473 g/mol. The van der Waals surface area contributed by atoms with Gasteiger partial charge in [0.2, 0.25) is 6.41 Å². The molecule has 13 nitrogen and oxygen atoms in total. The fourth-order valence-electron chi connectivity index (χ4n) is 4.63. The van der Waals surface area contributed by atoms with E-state index in [4.69, 9.17) is 9.72 Å². The van der Waals surface area contributed by atoms with Crippen molar-refractivity contribution in [3.05, 3.63) is 12.5 Å². The van der Waals surface area contributed by atoms with Crippen LogP contribution >= 0.6 is 0 Å². The number of fused-ring (bicyclic) bond motifs is 1. The zero-order chi connectivity index (χ0) is 23.8. The number of aliphatic hydroxyl groups is 3. The first-order valence-corrected chi connectivity index (χ1v) is 11.4. The average Bonchev–Trinajstić information content (AvgIpc) is 3.57. The van der Waals surface area contributed by atoms with Crippen LogP contribution in [0.5, 0.6) is 0 Å². The van der Waals surface area contributed by atoms with Crippen LogP contribution in [0.15, 0.2) is 12.5 Å². The second kappa shape index (κ2) is 9.25. The number of nitrogens with one attached hydrogen (secondary N) is 2. The summed E-state index contributed by atoms with van der Waals surface area (Å²) in [5.74, 6) is 0.768. The van der Waals surface area contributed by atoms with Crippen LogP contribution in [0, 0.1) is 0 Å². The first-order valence-electron chi connectivity index (χ1n) is 11.4. The Morgan fingerprint density at radius 1 is 1.26 bits per heavy atom. The van der Waals surface area contributed by atoms with Crippen LogP contribution in [0.1, 0.15) is 38.3 Å². The van der Waals surface area contributed by atoms with E-state index in [-0.39, 0.29) is 11.9 Å². The number of carbonyl (C=O) groups excluding carboxylic acids is 1. The Labute approximate surface area is 194 Å². The minimum Gasteiger partial charge on any atom is -0.394 e. The van der Waals surface area contributed by atoms with E-state index in [2.05, 4.69) is 25.5 Å². The summed E-state index contributed by atoms with van der Waals surface area (Å²) in [6, 6.07) is 0.232. The number of anilines is 2. The van der Waals surface area contributed by atoms with Crippen molar-refractivity contribution >= 4 is 29.1 Å². The van der Waals surface area contributed by atoms with E-state index in [9.17, 15) is 20.1 Å². The highest BCUT2D eigenvalue weighted by Crippen LogP contribution is 2.35. The molecule has 0 bridgehead atoms. The number of ether oxygens (including phenoxy) is 1. The van der Waals surface area contributed by atoms with Gasteiger partial charge in [-0.3, -0.25) is 14.5 Å². The van der Waals surface area contributed by atoms with Gasteiger partial charge in [0.25, 0.3) is 0 Å². The van der Waals surface area contributed by atoms with E-state index < -0.39 is 31.1 Å². The van der Waals surface area contributed by atoms with Gasteiger partial charge in [-0.15, -0.1) is 0 Å². The van der Waals surface area contributed by atoms with Crippen molar-refractivity contribution < 1.29 is 24.9 Å². The normalized spacial score (nSPS) is 25.6. The van der Waals surface area contributed by atoms with Gasteiger partial charge in [-0.05, 0) is 12.8 Å². The van der Waals surface area contributed by atoms with E-state index in [1.807, 2.05) is 0 Å². The van der Waals surface area contributed by atoms with Crippen molar-refractivity contribution in [1.82, 2.24) is 29.7 Å². The predicted octanol–water partition coefficient (Wildman–Crippen LogP) is 0.165. The zero-order valence-electron chi connectivity index (χ0n) is 18.7. The number of aliphatic hydroxyl groups excluding tert-OH is 3. The van der Waals surface area contributed by atoms with Gasteiger partial charge in [-0.25, -0.2) is 15.0 Å². The van der Waals surface area contributed by atoms with Crippen molar-refractivity contribution in [2.24, 2.45) is 0 Å². The smallest absolute Gasteiger partial charge is 0.213 e. The summed E-state index contributed by atoms with van der Waals surface area (Å²) in [6.45, 7) is -0.440. The molecule has 3 aromatic heterocycles. The molecule has 13 heteroatoms. The molecule has 5 N–H and O–H groups in total. The zero-order valence-corrected chi connectivity index (χ0v) is 18.7. The molecule has 1 aliphatic heterocycles. The molecule has 3 aromatic rings. The molecule has 0 aromatic carbocycles. The molecule has 5 rings (SSSR count). The fraction of sp³-hybridized carbons (Fsp3) is 0.571. The van der Waals surface area contributed by atoms with Crippen LogP contribution in [-0.2, 0) is 9.53 Å². The Morgan fingerprint density at radius 2 is 2.06 bits per heavy atom. The molecule has 182 valence electrons. The standard InChI is InChI=1S/C21H28N8O5/c1-28(10-31)12-7-23-27-14(12)18-25-19(24-11-5-3-2-4-6-11)15-20(26-18)29(9-22-15)21-17(33)16(32)13(8-30)34-21/h7,9-11,13,16-17,21,30,32-33H,2-6,8H2,1H3,(H,23,27)(H,24,25,26)/t13-,16-,17-,21?/m1/s1. The Balaban J connectivity index is 1.62. The van der Waals surface area contributed by atoms with Gasteiger partial charge in [-0.1, -0.05) is 19.3 Å². The third-order valence-electron chi connectivity index (χ3n) is 6.53. The molecule has 1 saturated carbocycles. The van der Waals surface area contributed by atoms with Crippen LogP contribution < -0.4 is 10.2 Å². The SMILES string of the molecule is CN(C=O)c1c[nH]nc1-c1nc(NC2CCCCC2)c2ncn(C3O[C@H](CO)[C@@H](O)[C@H]3O)c2n1. The number of amides is 1. The molecule has 2 aliphatic rings. The lowest BCUT2D eigenvalue weighted by molar-refractivity contribution is -0.107. The third-order valence-corrected chi connectivity index (χ3v) is 6.53. The summed E-state index contributed by atoms with van der Waals surface area (Å²) in [5.41, 5.74) is 1.71. The monoisotopic (exact) mass is 472 g/mol. The summed E-state index contributed by atoms with van der Waals surface area (Å²) in [6.07, 6.45) is 4.72. The molecule has 1 aliphatic carbocycles. The number of imidazole rings is 1. The summed E-state index contributed by atoms with van der Waals surface area (Å²) in [4.78, 5) is 26.6. The molecule has 34 heavy (non-hydrogen) atoms. The predicted molar refractivity (Wildman–Crippen MR) is 121 cm³/mol. The van der Waals surface area contributed by atoms with E-state index in [0.29, 0.717) is 34.8 Å². The summed E-state index contributed by atoms with van der Waals surface area (Å²) >= 11 is 0. The van der Waals surface area contributed by atoms with Crippen molar-refractivity contribution in [3.63, 3.8) is 0 Å². The van der Waals surface area contributed by atoms with Gasteiger partial charge in [0.1, 0.15) is 18.3 Å². The molecule has 1 saturated heterocycles. The lowest BCUT2D eigenvalue weighted by Gasteiger charge is -2.23. The molecule has 2 fully saturated rings. The maximum Gasteiger partial charge on any atom is 0.213 e. The number of carbonyl (C=O) groups is 1. The van der Waals surface area contributed by atoms with Gasteiger partial charge in [-0.2, -0.15) is 5.10 Å². The van der Waals surface area contributed by atoms with Crippen molar-refractivity contribution in [2.75, 3.05) is 23.9 Å². The van der Waals surface area contributed by atoms with Crippen molar-refractivity contribution in [3.8, 4) is 11.5 Å². The Kier molecular flexibility index (Phi) is 6.16. The highest BCUT2D eigenvalue weighted by atomic mass is 16.6. The van der Waals surface area contributed by atoms with Crippen molar-refractivity contribution in [1.29, 1.82) is 0 Å². The summed E-state index contributed by atoms with van der Waals surface area (Å²) in [5, 5.41) is 40.8. The summed E-state index contributed by atoms with van der Waals surface area (Å²) in [7, 11) is 1.60. The highest BCUT2D eigenvalue weighted by molar-refractivity contribution is 5.88. The van der Waals surface area contributed by atoms with Gasteiger partial charge >= 0.3 is 0 Å². The number of hydrogen-bond acceptors (Lipinski definition) is 10. The van der Waals surface area contributed by atoms with Gasteiger partial charge in [0.05, 0.1) is 18.6 Å². The molecule has 4 heterocycles. The fourth-order valence-corrected chi connectivity index (χ4v) is 4.63. The van der Waals surface area contributed by atoms with Crippen LogP contribution in [0.3, 0.4) is 0 Å². The van der Waals surface area contributed by atoms with Crippen LogP contribution in [0.4, 0.5) is 11.5 Å². The topological polar surface area (TPSA) is 175 Å². The number of rotatable bonds is 7. The molecule has 4 atom stereocenters. The molecular weight excluding hydrogens is 444 g/mol. The lowest BCUT2D eigenvalue weighted by Crippen LogP contribution is -2.33. The minimum atomic E-state index is -1.29. The Morgan fingerprint density at radius 3 is 2.76 bits per heavy atom. The molecule has 1 unspecified atom stereocenters. The second-order valence-corrected chi connectivity index (χ2v) is 8.76. The second-order valence-electron chi connectivity index (χ2n) is 8.76. The van der Waals surface area contributed by atoms with E-state index in [1.54, 1.807) is 13.2 Å². The largest absolute Gasteiger partial charge is 0.394 e. The Hall–Kier alpha value is -3.13. The quantitative estimate of drug-likeness (QED) is 0.298. The van der Waals surface area contributed by atoms with Gasteiger partial charge in [0, 0.05) is 19.3 Å². The van der Waals surface area contributed by atoms with Crippen LogP contribution in [0.2, 0.25) is 0 Å². The number of aromatic nitrogens is 6. The minimum absolute atomic E-state index is 0.232. The third kappa shape index (κ3) is 3.90. The number of H-pyrrole nitrogens is 1. The van der Waals surface area contributed by atoms with Gasteiger partial charge < -0.3 is 30.3 Å². The lowest BCUT2D eigenvalue weighted by atomic mass is 9.95. The number of nitrogens with zero attached hydrogens (tertiary/aromatic N) is 6. The summed E-state index contributed by atoms with van der Waals surface area (Å²) < 4.78 is 7.22.